The fraction of sp³-hybridized carbons (Fsp3) is 0.400. The number of hydrogen-bond acceptors (Lipinski definition) is 8. The average molecular weight is 607 g/mol. The minimum absolute atomic E-state index is 0.0453. The number of aliphatic hydroxyl groups is 1. The molecule has 232 valence electrons. The van der Waals surface area contributed by atoms with Crippen molar-refractivity contribution >= 4 is 27.8 Å². The molecule has 1 unspecified atom stereocenters. The zero-order valence-electron chi connectivity index (χ0n) is 25.4. The average Bonchev–Trinajstić information content (AvgIpc) is 3.74. The molecule has 10 nitrogen and oxygen atoms in total. The molecule has 0 spiro atoms. The smallest absolute Gasteiger partial charge is 0.274 e. The van der Waals surface area contributed by atoms with Crippen LogP contribution in [0.25, 0.3) is 32.9 Å². The summed E-state index contributed by atoms with van der Waals surface area (Å²) in [6, 6.07) is 18.0. The van der Waals surface area contributed by atoms with Crippen LogP contribution in [-0.4, -0.2) is 75.7 Å². The fourth-order valence-electron chi connectivity index (χ4n) is 6.76. The first kappa shape index (κ1) is 28.4. The topological polar surface area (TPSA) is 118 Å². The van der Waals surface area contributed by atoms with Gasteiger partial charge in [0.25, 0.3) is 5.56 Å². The Morgan fingerprint density at radius 2 is 1.76 bits per heavy atom. The molecule has 2 aliphatic heterocycles. The van der Waals surface area contributed by atoms with Crippen LogP contribution in [0.2, 0.25) is 0 Å². The summed E-state index contributed by atoms with van der Waals surface area (Å²) in [5, 5.41) is 16.3. The number of nitrogens with one attached hydrogen (secondary N) is 2. The maximum absolute atomic E-state index is 12.8. The van der Waals surface area contributed by atoms with Crippen LogP contribution in [0.5, 0.6) is 0 Å². The predicted molar refractivity (Wildman–Crippen MR) is 173 cm³/mol. The Kier molecular flexibility index (Phi) is 7.17. The summed E-state index contributed by atoms with van der Waals surface area (Å²) in [7, 11) is 1.76. The van der Waals surface area contributed by atoms with E-state index in [9.17, 15) is 9.90 Å². The Balaban J connectivity index is 1.26. The van der Waals surface area contributed by atoms with Crippen molar-refractivity contribution in [2.75, 3.05) is 37.7 Å². The lowest BCUT2D eigenvalue weighted by atomic mass is 9.87. The lowest BCUT2D eigenvalue weighted by Crippen LogP contribution is -2.55. The molecule has 10 heteroatoms. The molecular formula is C35H38N6O4. The maximum atomic E-state index is 12.8. The summed E-state index contributed by atoms with van der Waals surface area (Å²) in [5.74, 6) is 0.610. The number of aliphatic hydroxyl groups excluding tert-OH is 1. The number of hydrogen-bond donors (Lipinski definition) is 3. The van der Waals surface area contributed by atoms with Crippen LogP contribution >= 0.6 is 0 Å². The highest BCUT2D eigenvalue weighted by Crippen LogP contribution is 2.43. The van der Waals surface area contributed by atoms with E-state index in [1.807, 2.05) is 54.7 Å². The number of aryl methyl sites for hydroxylation is 1. The number of fused-ring (bicyclic) bond motifs is 2. The van der Waals surface area contributed by atoms with Gasteiger partial charge in [0, 0.05) is 48.9 Å². The van der Waals surface area contributed by atoms with Gasteiger partial charge < -0.3 is 34.3 Å². The third-order valence-corrected chi connectivity index (χ3v) is 9.43. The minimum Gasteiger partial charge on any atom is -0.393 e. The summed E-state index contributed by atoms with van der Waals surface area (Å²) >= 11 is 0. The van der Waals surface area contributed by atoms with E-state index in [-0.39, 0.29) is 24.4 Å². The van der Waals surface area contributed by atoms with Gasteiger partial charge in [-0.15, -0.1) is 0 Å². The molecular weight excluding hydrogens is 568 g/mol. The molecule has 2 saturated heterocycles. The van der Waals surface area contributed by atoms with Gasteiger partial charge in [-0.05, 0) is 68.1 Å². The van der Waals surface area contributed by atoms with E-state index in [0.29, 0.717) is 23.3 Å². The quantitative estimate of drug-likeness (QED) is 0.232. The summed E-state index contributed by atoms with van der Waals surface area (Å²) in [6.07, 6.45) is 8.11. The van der Waals surface area contributed by atoms with Crippen molar-refractivity contribution in [3.05, 3.63) is 88.6 Å². The fourth-order valence-corrected chi connectivity index (χ4v) is 6.76. The molecule has 0 radical (unpaired) electrons. The number of ether oxygens (including phenoxy) is 2. The molecule has 5 heterocycles. The van der Waals surface area contributed by atoms with Crippen LogP contribution in [0.3, 0.4) is 0 Å². The van der Waals surface area contributed by atoms with E-state index in [4.69, 9.17) is 19.4 Å². The highest BCUT2D eigenvalue weighted by molar-refractivity contribution is 5.97. The normalized spacial score (nSPS) is 19.2. The molecule has 0 amide bonds. The number of H-pyrrole nitrogens is 1. The van der Waals surface area contributed by atoms with Gasteiger partial charge in [0.15, 0.2) is 5.60 Å². The number of aromatic amines is 1. The minimum atomic E-state index is -1.18. The van der Waals surface area contributed by atoms with Crippen LogP contribution in [-0.2, 0) is 22.1 Å². The number of anilines is 1. The van der Waals surface area contributed by atoms with Crippen molar-refractivity contribution in [1.82, 2.24) is 24.8 Å². The molecule has 0 bridgehead atoms. The lowest BCUT2D eigenvalue weighted by molar-refractivity contribution is -0.0673. The van der Waals surface area contributed by atoms with E-state index < -0.39 is 5.60 Å². The van der Waals surface area contributed by atoms with E-state index in [1.54, 1.807) is 17.8 Å². The van der Waals surface area contributed by atoms with Crippen molar-refractivity contribution in [3.8, 4) is 11.1 Å². The van der Waals surface area contributed by atoms with Gasteiger partial charge in [0.1, 0.15) is 5.52 Å². The van der Waals surface area contributed by atoms with Crippen LogP contribution in [0.4, 0.5) is 5.95 Å². The number of rotatable bonds is 9. The number of benzene rings is 2. The first-order valence-electron chi connectivity index (χ1n) is 16.0. The third-order valence-electron chi connectivity index (χ3n) is 9.43. The second-order valence-electron chi connectivity index (χ2n) is 12.6. The first-order chi connectivity index (χ1) is 22.0. The Labute approximate surface area is 261 Å². The number of aromatic nitrogens is 4. The molecule has 1 saturated carbocycles. The molecule has 1 atom stereocenters. The molecule has 5 aromatic rings. The molecule has 3 aromatic heterocycles. The summed E-state index contributed by atoms with van der Waals surface area (Å²) < 4.78 is 14.8. The lowest BCUT2D eigenvalue weighted by Gasteiger charge is -2.42. The maximum Gasteiger partial charge on any atom is 0.274 e. The Morgan fingerprint density at radius 1 is 0.956 bits per heavy atom. The summed E-state index contributed by atoms with van der Waals surface area (Å²) in [5.41, 5.74) is 3.40. The van der Waals surface area contributed by atoms with Gasteiger partial charge in [-0.1, -0.05) is 36.4 Å². The van der Waals surface area contributed by atoms with Gasteiger partial charge >= 0.3 is 0 Å². The van der Waals surface area contributed by atoms with Crippen LogP contribution in [0.15, 0.2) is 71.8 Å². The highest BCUT2D eigenvalue weighted by Gasteiger charge is 2.44. The predicted octanol–water partition coefficient (Wildman–Crippen LogP) is 3.85. The first-order valence-corrected chi connectivity index (χ1v) is 16.0. The molecule has 8 rings (SSSR count). The van der Waals surface area contributed by atoms with Crippen molar-refractivity contribution in [2.24, 2.45) is 7.05 Å². The third kappa shape index (κ3) is 5.11. The second kappa shape index (κ2) is 11.4. The van der Waals surface area contributed by atoms with Crippen molar-refractivity contribution in [1.29, 1.82) is 0 Å². The molecule has 2 aromatic carbocycles. The Hall–Kier alpha value is -4.09. The summed E-state index contributed by atoms with van der Waals surface area (Å²) in [6.45, 7) is 3.17. The van der Waals surface area contributed by atoms with Crippen LogP contribution in [0, 0.1) is 0 Å². The standard InChI is InChI=1S/C35H38N6O4/c1-40-20-29(27-13-16-37-31(27)33(40)43)22-7-10-30-28(17-22)32(35(21-42,45-25-8-9-25)23-5-3-2-4-6-23)39-34(38-30)41-18-26(19-41)44-24-11-14-36-15-12-24/h2-7,10,13,16-17,20,24-26,36-37,42H,8-9,11-12,14-15,18-19,21H2,1H3. The van der Waals surface area contributed by atoms with Gasteiger partial charge in [0.2, 0.25) is 5.95 Å². The molecule has 3 aliphatic rings. The molecule has 45 heavy (non-hydrogen) atoms. The molecule has 1 aliphatic carbocycles. The van der Waals surface area contributed by atoms with E-state index in [0.717, 1.165) is 84.8 Å². The van der Waals surface area contributed by atoms with Crippen molar-refractivity contribution in [3.63, 3.8) is 0 Å². The number of piperidine rings is 1. The van der Waals surface area contributed by atoms with E-state index in [1.165, 1.54) is 0 Å². The van der Waals surface area contributed by atoms with E-state index >= 15 is 0 Å². The van der Waals surface area contributed by atoms with Gasteiger partial charge in [-0.3, -0.25) is 4.79 Å². The van der Waals surface area contributed by atoms with Crippen LogP contribution in [0.1, 0.15) is 36.9 Å². The Bertz CT molecular complexity index is 1910. The Morgan fingerprint density at radius 3 is 2.51 bits per heavy atom. The van der Waals surface area contributed by atoms with E-state index in [2.05, 4.69) is 21.3 Å². The molecule has 3 N–H and O–H groups in total. The molecule has 3 fully saturated rings. The van der Waals surface area contributed by atoms with Gasteiger partial charge in [0.05, 0.1) is 36.1 Å². The van der Waals surface area contributed by atoms with Crippen molar-refractivity contribution in [2.45, 2.75) is 49.6 Å². The SMILES string of the molecule is Cn1cc(-c2ccc3nc(N4CC(OC5CCNCC5)C4)nc(C(CO)(OC4CC4)c4ccccc4)c3c2)c2cc[nH]c2c1=O. The summed E-state index contributed by atoms with van der Waals surface area (Å²) in [4.78, 5) is 28.3. The van der Waals surface area contributed by atoms with Crippen LogP contribution < -0.4 is 15.8 Å². The number of nitrogens with zero attached hydrogens (tertiary/aromatic N) is 4. The monoisotopic (exact) mass is 606 g/mol. The van der Waals surface area contributed by atoms with Crippen molar-refractivity contribution < 1.29 is 14.6 Å². The van der Waals surface area contributed by atoms with Gasteiger partial charge in [-0.2, -0.15) is 0 Å². The zero-order valence-corrected chi connectivity index (χ0v) is 25.4. The second-order valence-corrected chi connectivity index (χ2v) is 12.6. The van der Waals surface area contributed by atoms with Gasteiger partial charge in [-0.25, -0.2) is 9.97 Å². The highest BCUT2D eigenvalue weighted by atomic mass is 16.5. The largest absolute Gasteiger partial charge is 0.393 e. The zero-order chi connectivity index (χ0) is 30.5. The number of pyridine rings is 1.